The van der Waals surface area contributed by atoms with Gasteiger partial charge in [0.2, 0.25) is 0 Å². The molecule has 4 heteroatoms. The monoisotopic (exact) mass is 285 g/mol. The first-order valence-corrected chi connectivity index (χ1v) is 7.25. The minimum atomic E-state index is -4.05. The number of rotatable bonds is 3. The van der Waals surface area contributed by atoms with Crippen molar-refractivity contribution in [1.29, 1.82) is 0 Å². The van der Waals surface area contributed by atoms with Crippen molar-refractivity contribution in [2.45, 2.75) is 57.8 Å². The Hall–Kier alpha value is -1.03. The lowest BCUT2D eigenvalue weighted by Crippen LogP contribution is -2.39. The summed E-state index contributed by atoms with van der Waals surface area (Å²) >= 11 is 0. The third-order valence-corrected chi connectivity index (χ3v) is 4.16. The van der Waals surface area contributed by atoms with Gasteiger partial charge >= 0.3 is 6.18 Å². The van der Waals surface area contributed by atoms with Gasteiger partial charge in [-0.3, -0.25) is 0 Å². The molecular formula is C16H22F3N. The fourth-order valence-corrected chi connectivity index (χ4v) is 3.03. The molecule has 3 unspecified atom stereocenters. The maximum atomic E-state index is 12.8. The highest BCUT2D eigenvalue weighted by Crippen LogP contribution is 2.38. The second-order valence-corrected chi connectivity index (χ2v) is 5.90. The van der Waals surface area contributed by atoms with Crippen molar-refractivity contribution in [2.24, 2.45) is 5.92 Å². The standard InChI is InChI=1S/C16H22F3N/c1-11-5-3-6-13(9-11)12(2)20-15-8-4-7-14(10-15)16(17,18)19/h3,5-6,9,12,14-15,20H,4,7-8,10H2,1-2H3. The van der Waals surface area contributed by atoms with E-state index in [1.165, 1.54) is 5.56 Å². The number of benzene rings is 1. The van der Waals surface area contributed by atoms with Crippen molar-refractivity contribution >= 4 is 0 Å². The SMILES string of the molecule is Cc1cccc(C(C)NC2CCCC(C(F)(F)F)C2)c1. The highest BCUT2D eigenvalue weighted by atomic mass is 19.4. The molecule has 1 aliphatic carbocycles. The summed E-state index contributed by atoms with van der Waals surface area (Å²) in [7, 11) is 0. The van der Waals surface area contributed by atoms with Crippen LogP contribution in [0, 0.1) is 12.8 Å². The summed E-state index contributed by atoms with van der Waals surface area (Å²) in [6, 6.07) is 8.17. The van der Waals surface area contributed by atoms with Gasteiger partial charge in [-0.25, -0.2) is 0 Å². The number of aryl methyl sites for hydroxylation is 1. The van der Waals surface area contributed by atoms with E-state index in [0.29, 0.717) is 6.42 Å². The number of hydrogen-bond acceptors (Lipinski definition) is 1. The van der Waals surface area contributed by atoms with Crippen LogP contribution in [0.3, 0.4) is 0 Å². The van der Waals surface area contributed by atoms with Gasteiger partial charge in [0, 0.05) is 12.1 Å². The second kappa shape index (κ2) is 6.17. The Kier molecular flexibility index (Phi) is 4.74. The zero-order valence-corrected chi connectivity index (χ0v) is 12.0. The summed E-state index contributed by atoms with van der Waals surface area (Å²) in [5.74, 6) is -1.14. The van der Waals surface area contributed by atoms with E-state index < -0.39 is 12.1 Å². The number of nitrogens with one attached hydrogen (secondary N) is 1. The van der Waals surface area contributed by atoms with Gasteiger partial charge in [-0.1, -0.05) is 36.2 Å². The van der Waals surface area contributed by atoms with E-state index in [1.807, 2.05) is 32.0 Å². The van der Waals surface area contributed by atoms with E-state index in [0.717, 1.165) is 12.0 Å². The van der Waals surface area contributed by atoms with Crippen molar-refractivity contribution < 1.29 is 13.2 Å². The van der Waals surface area contributed by atoms with Crippen LogP contribution in [0.4, 0.5) is 13.2 Å². The first kappa shape index (κ1) is 15.4. The van der Waals surface area contributed by atoms with Crippen LogP contribution in [0.5, 0.6) is 0 Å². The molecule has 1 fully saturated rings. The Morgan fingerprint density at radius 2 is 2.00 bits per heavy atom. The molecule has 0 radical (unpaired) electrons. The molecule has 1 aliphatic rings. The van der Waals surface area contributed by atoms with Gasteiger partial charge in [0.15, 0.2) is 0 Å². The Morgan fingerprint density at radius 1 is 1.25 bits per heavy atom. The van der Waals surface area contributed by atoms with Gasteiger partial charge in [0.25, 0.3) is 0 Å². The zero-order chi connectivity index (χ0) is 14.8. The molecule has 0 spiro atoms. The third kappa shape index (κ3) is 3.98. The lowest BCUT2D eigenvalue weighted by molar-refractivity contribution is -0.183. The zero-order valence-electron chi connectivity index (χ0n) is 12.0. The van der Waals surface area contributed by atoms with Gasteiger partial charge in [0.05, 0.1) is 5.92 Å². The topological polar surface area (TPSA) is 12.0 Å². The Bertz CT molecular complexity index is 442. The molecule has 0 heterocycles. The molecule has 2 rings (SSSR count). The van der Waals surface area contributed by atoms with Crippen LogP contribution < -0.4 is 5.32 Å². The lowest BCUT2D eigenvalue weighted by Gasteiger charge is -2.33. The summed E-state index contributed by atoms with van der Waals surface area (Å²) in [4.78, 5) is 0. The molecule has 1 saturated carbocycles. The Morgan fingerprint density at radius 3 is 2.65 bits per heavy atom. The molecule has 1 N–H and O–H groups in total. The molecule has 0 aromatic heterocycles. The van der Waals surface area contributed by atoms with E-state index in [4.69, 9.17) is 0 Å². The maximum Gasteiger partial charge on any atom is 0.391 e. The van der Waals surface area contributed by atoms with Gasteiger partial charge in [-0.2, -0.15) is 13.2 Å². The summed E-state index contributed by atoms with van der Waals surface area (Å²) in [6.45, 7) is 4.04. The fourth-order valence-electron chi connectivity index (χ4n) is 3.03. The van der Waals surface area contributed by atoms with Crippen LogP contribution >= 0.6 is 0 Å². The van der Waals surface area contributed by atoms with Crippen molar-refractivity contribution in [2.75, 3.05) is 0 Å². The summed E-state index contributed by atoms with van der Waals surface area (Å²) in [5, 5.41) is 3.36. The predicted molar refractivity (Wildman–Crippen MR) is 74.5 cm³/mol. The number of alkyl halides is 3. The molecular weight excluding hydrogens is 263 g/mol. The molecule has 1 nitrogen and oxygen atoms in total. The first-order valence-electron chi connectivity index (χ1n) is 7.25. The third-order valence-electron chi connectivity index (χ3n) is 4.16. The first-order chi connectivity index (χ1) is 9.36. The molecule has 0 bridgehead atoms. The van der Waals surface area contributed by atoms with Crippen LogP contribution in [0.15, 0.2) is 24.3 Å². The van der Waals surface area contributed by atoms with Crippen molar-refractivity contribution in [3.63, 3.8) is 0 Å². The van der Waals surface area contributed by atoms with Crippen LogP contribution in [-0.2, 0) is 0 Å². The predicted octanol–water partition coefficient (Wildman–Crippen LogP) is 4.77. The second-order valence-electron chi connectivity index (χ2n) is 5.90. The van der Waals surface area contributed by atoms with E-state index in [9.17, 15) is 13.2 Å². The molecule has 20 heavy (non-hydrogen) atoms. The largest absolute Gasteiger partial charge is 0.391 e. The Labute approximate surface area is 118 Å². The van der Waals surface area contributed by atoms with Gasteiger partial charge in [0.1, 0.15) is 0 Å². The van der Waals surface area contributed by atoms with Crippen LogP contribution in [0.25, 0.3) is 0 Å². The van der Waals surface area contributed by atoms with Crippen LogP contribution in [0.1, 0.15) is 49.8 Å². The van der Waals surface area contributed by atoms with Crippen molar-refractivity contribution in [3.8, 4) is 0 Å². The van der Waals surface area contributed by atoms with Gasteiger partial charge < -0.3 is 5.32 Å². The minimum absolute atomic E-state index is 0.0362. The van der Waals surface area contributed by atoms with Gasteiger partial charge in [-0.15, -0.1) is 0 Å². The highest BCUT2D eigenvalue weighted by molar-refractivity contribution is 5.24. The van der Waals surface area contributed by atoms with Crippen molar-refractivity contribution in [3.05, 3.63) is 35.4 Å². The molecule has 112 valence electrons. The molecule has 1 aromatic carbocycles. The quantitative estimate of drug-likeness (QED) is 0.843. The summed E-state index contributed by atoms with van der Waals surface area (Å²) in [6.07, 6.45) is -2.07. The average Bonchev–Trinajstić information content (AvgIpc) is 2.38. The lowest BCUT2D eigenvalue weighted by atomic mass is 9.84. The normalized spacial score (nSPS) is 25.4. The van der Waals surface area contributed by atoms with E-state index in [-0.39, 0.29) is 24.9 Å². The van der Waals surface area contributed by atoms with Crippen LogP contribution in [-0.4, -0.2) is 12.2 Å². The molecule has 0 aliphatic heterocycles. The molecule has 1 aromatic rings. The number of halogens is 3. The summed E-state index contributed by atoms with van der Waals surface area (Å²) < 4.78 is 38.4. The van der Waals surface area contributed by atoms with E-state index >= 15 is 0 Å². The highest BCUT2D eigenvalue weighted by Gasteiger charge is 2.42. The molecule has 3 atom stereocenters. The van der Waals surface area contributed by atoms with E-state index in [2.05, 4.69) is 11.4 Å². The average molecular weight is 285 g/mol. The molecule has 0 saturated heterocycles. The Balaban J connectivity index is 1.96. The minimum Gasteiger partial charge on any atom is -0.307 e. The maximum absolute atomic E-state index is 12.8. The van der Waals surface area contributed by atoms with Crippen molar-refractivity contribution in [1.82, 2.24) is 5.32 Å². The van der Waals surface area contributed by atoms with Gasteiger partial charge in [-0.05, 0) is 38.7 Å². The fraction of sp³-hybridized carbons (Fsp3) is 0.625. The van der Waals surface area contributed by atoms with Crippen LogP contribution in [0.2, 0.25) is 0 Å². The molecule has 0 amide bonds. The summed E-state index contributed by atoms with van der Waals surface area (Å²) in [5.41, 5.74) is 2.31. The van der Waals surface area contributed by atoms with E-state index in [1.54, 1.807) is 0 Å². The smallest absolute Gasteiger partial charge is 0.307 e. The number of hydrogen-bond donors (Lipinski definition) is 1.